The first-order valence-electron chi connectivity index (χ1n) is 6.70. The number of para-hydroxylation sites is 1. The number of phenols is 1. The molecule has 0 saturated carbocycles. The summed E-state index contributed by atoms with van der Waals surface area (Å²) in [6.07, 6.45) is 0. The Kier molecular flexibility index (Phi) is 3.54. The van der Waals surface area contributed by atoms with Gasteiger partial charge in [-0.15, -0.1) is 0 Å². The number of hydrogen-bond donors (Lipinski definition) is 3. The number of phenolic OH excluding ortho intramolecular Hbond substituents is 1. The molecule has 6 nitrogen and oxygen atoms in total. The van der Waals surface area contributed by atoms with Crippen LogP contribution in [0.5, 0.6) is 11.5 Å². The number of fused-ring (bicyclic) bond motifs is 1. The summed E-state index contributed by atoms with van der Waals surface area (Å²) in [5, 5.41) is 22.0. The summed E-state index contributed by atoms with van der Waals surface area (Å²) in [4.78, 5) is 7.50. The van der Waals surface area contributed by atoms with Gasteiger partial charge >= 0.3 is 0 Å². The van der Waals surface area contributed by atoms with Crippen molar-refractivity contribution in [2.24, 2.45) is 0 Å². The Morgan fingerprint density at radius 1 is 1.36 bits per heavy atom. The number of aromatic nitrogens is 2. The van der Waals surface area contributed by atoms with Crippen LogP contribution in [0.15, 0.2) is 36.4 Å². The van der Waals surface area contributed by atoms with E-state index in [1.165, 1.54) is 7.11 Å². The maximum atomic E-state index is 9.76. The number of rotatable bonds is 4. The largest absolute Gasteiger partial charge is 0.504 e. The molecule has 0 aliphatic rings. The van der Waals surface area contributed by atoms with Gasteiger partial charge in [-0.05, 0) is 29.8 Å². The van der Waals surface area contributed by atoms with E-state index in [4.69, 9.17) is 10.00 Å². The summed E-state index contributed by atoms with van der Waals surface area (Å²) in [5.41, 5.74) is 2.87. The number of anilines is 1. The summed E-state index contributed by atoms with van der Waals surface area (Å²) >= 11 is 0. The number of methoxy groups -OCH3 is 1. The van der Waals surface area contributed by atoms with Gasteiger partial charge in [0.2, 0.25) is 5.95 Å². The van der Waals surface area contributed by atoms with Crippen LogP contribution in [0.1, 0.15) is 11.1 Å². The lowest BCUT2D eigenvalue weighted by molar-refractivity contribution is 0.373. The number of H-pyrrole nitrogens is 1. The monoisotopic (exact) mass is 294 g/mol. The third kappa shape index (κ3) is 2.52. The van der Waals surface area contributed by atoms with Gasteiger partial charge in [0.05, 0.1) is 18.2 Å². The van der Waals surface area contributed by atoms with Gasteiger partial charge in [-0.1, -0.05) is 12.1 Å². The number of nitrogens with one attached hydrogen (secondary N) is 2. The second kappa shape index (κ2) is 5.66. The number of aromatic amines is 1. The van der Waals surface area contributed by atoms with Gasteiger partial charge in [-0.25, -0.2) is 4.98 Å². The van der Waals surface area contributed by atoms with Gasteiger partial charge in [-0.3, -0.25) is 0 Å². The zero-order chi connectivity index (χ0) is 15.5. The van der Waals surface area contributed by atoms with Crippen molar-refractivity contribution in [2.45, 2.75) is 6.54 Å². The summed E-state index contributed by atoms with van der Waals surface area (Å²) in [7, 11) is 1.51. The molecule has 1 heterocycles. The van der Waals surface area contributed by atoms with Gasteiger partial charge in [0.1, 0.15) is 11.6 Å². The van der Waals surface area contributed by atoms with Crippen molar-refractivity contribution in [1.82, 2.24) is 9.97 Å². The molecule has 0 amide bonds. The minimum Gasteiger partial charge on any atom is -0.504 e. The van der Waals surface area contributed by atoms with E-state index in [1.54, 1.807) is 18.2 Å². The second-order valence-electron chi connectivity index (χ2n) is 4.76. The molecule has 0 radical (unpaired) electrons. The van der Waals surface area contributed by atoms with Crippen LogP contribution in [0, 0.1) is 11.3 Å². The fourth-order valence-corrected chi connectivity index (χ4v) is 2.24. The highest BCUT2D eigenvalue weighted by Gasteiger charge is 2.07. The van der Waals surface area contributed by atoms with Crippen molar-refractivity contribution < 1.29 is 9.84 Å². The van der Waals surface area contributed by atoms with Crippen molar-refractivity contribution in [3.63, 3.8) is 0 Å². The minimum absolute atomic E-state index is 0.0955. The highest BCUT2D eigenvalue weighted by atomic mass is 16.5. The first-order valence-corrected chi connectivity index (χ1v) is 6.70. The van der Waals surface area contributed by atoms with Gasteiger partial charge in [0.25, 0.3) is 0 Å². The van der Waals surface area contributed by atoms with Gasteiger partial charge in [0, 0.05) is 6.54 Å². The minimum atomic E-state index is 0.0955. The highest BCUT2D eigenvalue weighted by Crippen LogP contribution is 2.26. The molecule has 0 spiro atoms. The van der Waals surface area contributed by atoms with E-state index in [0.29, 0.717) is 29.3 Å². The van der Waals surface area contributed by atoms with Crippen molar-refractivity contribution in [3.05, 3.63) is 47.5 Å². The molecule has 0 atom stereocenters. The van der Waals surface area contributed by atoms with E-state index in [9.17, 15) is 5.11 Å². The predicted molar refractivity (Wildman–Crippen MR) is 82.8 cm³/mol. The first kappa shape index (κ1) is 13.8. The Balaban J connectivity index is 1.79. The molecule has 22 heavy (non-hydrogen) atoms. The van der Waals surface area contributed by atoms with Crippen molar-refractivity contribution in [2.75, 3.05) is 12.4 Å². The molecule has 0 saturated heterocycles. The highest BCUT2D eigenvalue weighted by molar-refractivity contribution is 5.83. The quantitative estimate of drug-likeness (QED) is 0.688. The molecule has 6 heteroatoms. The molecule has 0 unspecified atom stereocenters. The Morgan fingerprint density at radius 3 is 2.95 bits per heavy atom. The third-order valence-corrected chi connectivity index (χ3v) is 3.34. The third-order valence-electron chi connectivity index (χ3n) is 3.34. The standard InChI is InChI=1S/C16H14N4O2/c1-22-14-6-5-10(7-13(14)21)9-18-16-19-12-4-2-3-11(8-17)15(12)20-16/h2-7,21H,9H2,1H3,(H2,18,19,20). The maximum absolute atomic E-state index is 9.76. The molecule has 0 aliphatic carbocycles. The zero-order valence-corrected chi connectivity index (χ0v) is 11.9. The van der Waals surface area contributed by atoms with Crippen LogP contribution in [0.3, 0.4) is 0 Å². The number of nitriles is 1. The van der Waals surface area contributed by atoms with Crippen LogP contribution < -0.4 is 10.1 Å². The molecule has 0 bridgehead atoms. The lowest BCUT2D eigenvalue weighted by Gasteiger charge is -2.06. The molecule has 2 aromatic carbocycles. The van der Waals surface area contributed by atoms with Crippen molar-refractivity contribution in [1.29, 1.82) is 5.26 Å². The van der Waals surface area contributed by atoms with Crippen LogP contribution in [0.2, 0.25) is 0 Å². The van der Waals surface area contributed by atoms with E-state index in [2.05, 4.69) is 21.4 Å². The Hall–Kier alpha value is -3.20. The number of aromatic hydroxyl groups is 1. The topological polar surface area (TPSA) is 94.0 Å². The Bertz CT molecular complexity index is 864. The van der Waals surface area contributed by atoms with Crippen LogP contribution in [-0.4, -0.2) is 22.2 Å². The molecular formula is C16H14N4O2. The van der Waals surface area contributed by atoms with Crippen LogP contribution in [-0.2, 0) is 6.54 Å². The van der Waals surface area contributed by atoms with E-state index < -0.39 is 0 Å². The lowest BCUT2D eigenvalue weighted by Crippen LogP contribution is -2.00. The van der Waals surface area contributed by atoms with Crippen molar-refractivity contribution >= 4 is 17.0 Å². The maximum Gasteiger partial charge on any atom is 0.201 e. The molecule has 3 N–H and O–H groups in total. The zero-order valence-electron chi connectivity index (χ0n) is 11.9. The van der Waals surface area contributed by atoms with E-state index >= 15 is 0 Å². The summed E-state index contributed by atoms with van der Waals surface area (Å²) < 4.78 is 5.01. The molecule has 0 aliphatic heterocycles. The predicted octanol–water partition coefficient (Wildman–Crippen LogP) is 2.76. The molecule has 0 fully saturated rings. The fraction of sp³-hybridized carbons (Fsp3) is 0.125. The van der Waals surface area contributed by atoms with Gasteiger partial charge in [-0.2, -0.15) is 5.26 Å². The number of imidazole rings is 1. The van der Waals surface area contributed by atoms with Crippen molar-refractivity contribution in [3.8, 4) is 17.6 Å². The summed E-state index contributed by atoms with van der Waals surface area (Å²) in [6.45, 7) is 0.485. The SMILES string of the molecule is COc1ccc(CNc2nc3c(C#N)cccc3[nH]2)cc1O. The molecule has 110 valence electrons. The number of benzene rings is 2. The Morgan fingerprint density at radius 2 is 2.23 bits per heavy atom. The number of hydrogen-bond acceptors (Lipinski definition) is 5. The number of nitrogens with zero attached hydrogens (tertiary/aromatic N) is 2. The van der Waals surface area contributed by atoms with E-state index in [0.717, 1.165) is 11.1 Å². The van der Waals surface area contributed by atoms with Gasteiger partial charge in [0.15, 0.2) is 11.5 Å². The number of ether oxygens (including phenoxy) is 1. The van der Waals surface area contributed by atoms with Crippen LogP contribution in [0.25, 0.3) is 11.0 Å². The Labute approximate surface area is 127 Å². The smallest absolute Gasteiger partial charge is 0.201 e. The first-order chi connectivity index (χ1) is 10.7. The van der Waals surface area contributed by atoms with Crippen LogP contribution >= 0.6 is 0 Å². The van der Waals surface area contributed by atoms with Gasteiger partial charge < -0.3 is 20.1 Å². The average Bonchev–Trinajstić information content (AvgIpc) is 2.96. The molecule has 3 aromatic rings. The lowest BCUT2D eigenvalue weighted by atomic mass is 10.2. The summed E-state index contributed by atoms with van der Waals surface area (Å²) in [6, 6.07) is 12.7. The second-order valence-corrected chi connectivity index (χ2v) is 4.76. The summed E-state index contributed by atoms with van der Waals surface area (Å²) in [5.74, 6) is 1.11. The van der Waals surface area contributed by atoms with E-state index in [-0.39, 0.29) is 5.75 Å². The molecular weight excluding hydrogens is 280 g/mol. The average molecular weight is 294 g/mol. The molecule has 3 rings (SSSR count). The van der Waals surface area contributed by atoms with Crippen LogP contribution in [0.4, 0.5) is 5.95 Å². The molecule has 1 aromatic heterocycles. The normalized spacial score (nSPS) is 10.4. The van der Waals surface area contributed by atoms with E-state index in [1.807, 2.05) is 18.2 Å². The fourth-order valence-electron chi connectivity index (χ4n) is 2.24.